The Hall–Kier alpha value is -6.85. The molecule has 0 aliphatic carbocycles. The van der Waals surface area contributed by atoms with Gasteiger partial charge in [0, 0.05) is 19.9 Å². The number of nitrogens with two attached hydrogens (primary N) is 3. The van der Waals surface area contributed by atoms with Crippen molar-refractivity contribution in [3.8, 4) is 0 Å². The number of aliphatic carboxylic acids is 2. The minimum atomic E-state index is -1.92. The van der Waals surface area contributed by atoms with Crippen LogP contribution in [0.25, 0.3) is 0 Å². The van der Waals surface area contributed by atoms with Gasteiger partial charge in [-0.3, -0.25) is 52.9 Å². The predicted molar refractivity (Wildman–Crippen MR) is 215 cm³/mol. The molecular formula is C37H57N11O13. The molecule has 61 heavy (non-hydrogen) atoms. The molecule has 0 saturated carbocycles. The molecule has 7 atom stereocenters. The molecule has 0 bridgehead atoms. The number of carboxylic acid groups (broad SMARTS) is 2. The van der Waals surface area contributed by atoms with E-state index in [1.807, 2.05) is 0 Å². The third kappa shape index (κ3) is 20.6. The van der Waals surface area contributed by atoms with Crippen LogP contribution in [0.2, 0.25) is 0 Å². The summed E-state index contributed by atoms with van der Waals surface area (Å²) < 4.78 is 0. The van der Waals surface area contributed by atoms with Gasteiger partial charge >= 0.3 is 11.9 Å². The van der Waals surface area contributed by atoms with Crippen molar-refractivity contribution < 1.29 is 63.3 Å². The molecule has 1 aromatic rings. The fraction of sp³-hybridized carbons (Fsp3) is 0.541. The standard InChI is InChI=1S/C37H57N11O13/c1-18(2)13-23(45-30(54)22(11-8-12-41-37(39)40)44-35(59)27(17-49)43-20(4)50)32(56)46-24(14-21-9-6-5-7-10-21)33(57)48-26(16-29(52)53)34(58)47-25(15-28(38)51)31(55)42-19(3)36(60)61/h5-7,9-10,18-19,22-27,49H,8,11-17H2,1-4H3,(H2,38,51)(H,42,55)(H,43,50)(H,44,59)(H,45,54)(H,46,56)(H,47,58)(H,48,57)(H,52,53)(H,60,61)(H4,39,40,41). The Labute approximate surface area is 351 Å². The van der Waals surface area contributed by atoms with Crippen molar-refractivity contribution in [3.05, 3.63) is 35.9 Å². The average molecular weight is 864 g/mol. The number of aliphatic hydroxyl groups is 1. The van der Waals surface area contributed by atoms with E-state index < -0.39 is 121 Å². The average Bonchev–Trinajstić information content (AvgIpc) is 3.16. The Balaban J connectivity index is 3.51. The largest absolute Gasteiger partial charge is 0.481 e. The Morgan fingerprint density at radius 1 is 0.623 bits per heavy atom. The first kappa shape index (κ1) is 52.2. The number of carbonyl (C=O) groups excluding carboxylic acids is 8. The maximum Gasteiger partial charge on any atom is 0.325 e. The third-order valence-electron chi connectivity index (χ3n) is 8.49. The second kappa shape index (κ2) is 26.3. The summed E-state index contributed by atoms with van der Waals surface area (Å²) in [6.45, 7) is 4.93. The number of aliphatic hydroxyl groups excluding tert-OH is 1. The zero-order valence-corrected chi connectivity index (χ0v) is 34.3. The molecule has 0 spiro atoms. The van der Waals surface area contributed by atoms with Gasteiger partial charge in [0.1, 0.15) is 42.3 Å². The highest BCUT2D eigenvalue weighted by Crippen LogP contribution is 2.11. The molecule has 24 heteroatoms. The Morgan fingerprint density at radius 2 is 1.10 bits per heavy atom. The van der Waals surface area contributed by atoms with Crippen LogP contribution in [-0.4, -0.2) is 136 Å². The number of rotatable bonds is 27. The smallest absolute Gasteiger partial charge is 0.325 e. The number of carboxylic acids is 2. The summed E-state index contributed by atoms with van der Waals surface area (Å²) in [6, 6.07) is -2.65. The number of benzene rings is 1. The lowest BCUT2D eigenvalue weighted by Gasteiger charge is -2.28. The van der Waals surface area contributed by atoms with E-state index in [4.69, 9.17) is 22.3 Å². The maximum absolute atomic E-state index is 14.0. The molecule has 0 radical (unpaired) electrons. The summed E-state index contributed by atoms with van der Waals surface area (Å²) in [5, 5.41) is 44.7. The molecule has 7 unspecified atom stereocenters. The fourth-order valence-corrected chi connectivity index (χ4v) is 5.51. The molecule has 24 nitrogen and oxygen atoms in total. The molecule has 338 valence electrons. The number of aliphatic imine (C=N–C) groups is 1. The van der Waals surface area contributed by atoms with Crippen LogP contribution in [-0.2, 0) is 54.4 Å². The van der Waals surface area contributed by atoms with E-state index in [-0.39, 0.29) is 44.1 Å². The number of nitrogens with one attached hydrogen (secondary N) is 7. The van der Waals surface area contributed by atoms with Gasteiger partial charge in [-0.15, -0.1) is 0 Å². The minimum Gasteiger partial charge on any atom is -0.481 e. The molecule has 0 saturated heterocycles. The monoisotopic (exact) mass is 863 g/mol. The lowest BCUT2D eigenvalue weighted by Crippen LogP contribution is -2.60. The number of hydrogen-bond donors (Lipinski definition) is 13. The molecule has 0 heterocycles. The zero-order valence-electron chi connectivity index (χ0n) is 34.3. The highest BCUT2D eigenvalue weighted by Gasteiger charge is 2.35. The van der Waals surface area contributed by atoms with Crippen LogP contribution in [0.3, 0.4) is 0 Å². The summed E-state index contributed by atoms with van der Waals surface area (Å²) in [4.78, 5) is 131. The molecule has 1 rings (SSSR count). The normalized spacial score (nSPS) is 14.2. The number of primary amides is 1. The van der Waals surface area contributed by atoms with Crippen molar-refractivity contribution >= 4 is 65.2 Å². The summed E-state index contributed by atoms with van der Waals surface area (Å²) in [5.41, 5.74) is 16.5. The predicted octanol–water partition coefficient (Wildman–Crippen LogP) is -4.81. The van der Waals surface area contributed by atoms with Gasteiger partial charge < -0.3 is 69.7 Å². The lowest BCUT2D eigenvalue weighted by atomic mass is 10.00. The third-order valence-corrected chi connectivity index (χ3v) is 8.49. The number of nitrogens with zero attached hydrogens (tertiary/aromatic N) is 1. The van der Waals surface area contributed by atoms with Gasteiger partial charge in [0.15, 0.2) is 5.96 Å². The quantitative estimate of drug-likeness (QED) is 0.0224. The van der Waals surface area contributed by atoms with Crippen LogP contribution in [0.4, 0.5) is 0 Å². The van der Waals surface area contributed by atoms with Crippen molar-refractivity contribution in [2.45, 2.75) is 109 Å². The van der Waals surface area contributed by atoms with Gasteiger partial charge in [0.05, 0.1) is 19.4 Å². The van der Waals surface area contributed by atoms with E-state index in [1.165, 1.54) is 0 Å². The van der Waals surface area contributed by atoms with Crippen molar-refractivity contribution in [2.75, 3.05) is 13.2 Å². The summed E-state index contributed by atoms with van der Waals surface area (Å²) >= 11 is 0. The van der Waals surface area contributed by atoms with Crippen LogP contribution < -0.4 is 54.4 Å². The summed E-state index contributed by atoms with van der Waals surface area (Å²) in [5.74, 6) is -11.4. The number of carbonyl (C=O) groups is 10. The van der Waals surface area contributed by atoms with E-state index >= 15 is 0 Å². The van der Waals surface area contributed by atoms with Crippen LogP contribution in [0.15, 0.2) is 35.3 Å². The lowest BCUT2D eigenvalue weighted by molar-refractivity contribution is -0.143. The molecule has 8 amide bonds. The maximum atomic E-state index is 14.0. The van der Waals surface area contributed by atoms with Crippen LogP contribution in [0.1, 0.15) is 65.4 Å². The van der Waals surface area contributed by atoms with Gasteiger partial charge in [0.2, 0.25) is 47.3 Å². The van der Waals surface area contributed by atoms with Crippen LogP contribution in [0, 0.1) is 5.92 Å². The SMILES string of the molecule is CC(=O)NC(CO)C(=O)NC(CCCN=C(N)N)C(=O)NC(CC(C)C)C(=O)NC(Cc1ccccc1)C(=O)NC(CC(=O)O)C(=O)NC(CC(N)=O)C(=O)NC(C)C(=O)O. The highest BCUT2D eigenvalue weighted by molar-refractivity contribution is 5.99. The Kier molecular flexibility index (Phi) is 22.5. The molecule has 0 fully saturated rings. The topological polar surface area (TPSA) is 406 Å². The van der Waals surface area contributed by atoms with Gasteiger partial charge in [-0.05, 0) is 37.7 Å². The highest BCUT2D eigenvalue weighted by atomic mass is 16.4. The Morgan fingerprint density at radius 3 is 1.61 bits per heavy atom. The molecule has 0 aromatic heterocycles. The van der Waals surface area contributed by atoms with Gasteiger partial charge in [-0.25, -0.2) is 0 Å². The van der Waals surface area contributed by atoms with Gasteiger partial charge in [0.25, 0.3) is 0 Å². The van der Waals surface area contributed by atoms with E-state index in [0.717, 1.165) is 13.8 Å². The van der Waals surface area contributed by atoms with Crippen LogP contribution >= 0.6 is 0 Å². The van der Waals surface area contributed by atoms with Crippen molar-refractivity contribution in [1.82, 2.24) is 37.2 Å². The van der Waals surface area contributed by atoms with E-state index in [0.29, 0.717) is 5.56 Å². The van der Waals surface area contributed by atoms with E-state index in [2.05, 4.69) is 42.2 Å². The van der Waals surface area contributed by atoms with Gasteiger partial charge in [-0.1, -0.05) is 44.2 Å². The molecule has 16 N–H and O–H groups in total. The van der Waals surface area contributed by atoms with Crippen LogP contribution in [0.5, 0.6) is 0 Å². The summed E-state index contributed by atoms with van der Waals surface area (Å²) in [6.07, 6.45) is -2.04. The van der Waals surface area contributed by atoms with Crippen molar-refractivity contribution in [1.29, 1.82) is 0 Å². The molecule has 0 aliphatic rings. The Bertz CT molecular complexity index is 1760. The second-order valence-electron chi connectivity index (χ2n) is 14.3. The summed E-state index contributed by atoms with van der Waals surface area (Å²) in [7, 11) is 0. The first-order chi connectivity index (χ1) is 28.5. The van der Waals surface area contributed by atoms with E-state index in [1.54, 1.807) is 44.2 Å². The number of amides is 8. The fourth-order valence-electron chi connectivity index (χ4n) is 5.51. The molecule has 0 aliphatic heterocycles. The van der Waals surface area contributed by atoms with Crippen molar-refractivity contribution in [3.63, 3.8) is 0 Å². The number of guanidine groups is 1. The second-order valence-corrected chi connectivity index (χ2v) is 14.3. The molecule has 1 aromatic carbocycles. The first-order valence-electron chi connectivity index (χ1n) is 19.1. The zero-order chi connectivity index (χ0) is 46.4. The number of hydrogen-bond acceptors (Lipinski definition) is 12. The molecular weight excluding hydrogens is 806 g/mol. The van der Waals surface area contributed by atoms with E-state index in [9.17, 15) is 58.2 Å². The van der Waals surface area contributed by atoms with Crippen molar-refractivity contribution in [2.24, 2.45) is 28.1 Å². The first-order valence-corrected chi connectivity index (χ1v) is 19.1. The minimum absolute atomic E-state index is 0.00900. The van der Waals surface area contributed by atoms with Gasteiger partial charge in [-0.2, -0.15) is 0 Å².